The molecule has 0 aliphatic heterocycles. The average molecular weight is 1030 g/mol. The monoisotopic (exact) mass is 1020 g/mol. The average Bonchev–Trinajstić information content (AvgIpc) is 3.65. The summed E-state index contributed by atoms with van der Waals surface area (Å²) in [6, 6.07) is 54.7. The molecule has 10 rings (SSSR count). The Hall–Kier alpha value is -6.50. The lowest BCUT2D eigenvalue weighted by atomic mass is 9.72. The van der Waals surface area contributed by atoms with Gasteiger partial charge in [0, 0.05) is 29.6 Å². The van der Waals surface area contributed by atoms with Crippen LogP contribution in [0.5, 0.6) is 0 Å². The van der Waals surface area contributed by atoms with Crippen molar-refractivity contribution in [2.45, 2.75) is 184 Å². The molecule has 9 aromatic carbocycles. The van der Waals surface area contributed by atoms with Gasteiger partial charge in [0.25, 0.3) is 0 Å². The number of rotatable bonds is 18. The van der Waals surface area contributed by atoms with Crippen LogP contribution in [0.3, 0.4) is 0 Å². The van der Waals surface area contributed by atoms with E-state index in [2.05, 4.69) is 236 Å². The third-order valence-corrected chi connectivity index (χ3v) is 18.6. The van der Waals surface area contributed by atoms with E-state index in [1.807, 2.05) is 0 Å². The lowest BCUT2D eigenvalue weighted by molar-refractivity contribution is 0.779. The maximum atomic E-state index is 2.79. The van der Waals surface area contributed by atoms with Gasteiger partial charge in [0.2, 0.25) is 0 Å². The molecule has 5 atom stereocenters. The van der Waals surface area contributed by atoms with Crippen LogP contribution < -0.4 is 5.22 Å². The van der Waals surface area contributed by atoms with Gasteiger partial charge in [-0.25, -0.2) is 0 Å². The molecule has 1 aliphatic carbocycles. The summed E-state index contributed by atoms with van der Waals surface area (Å²) in [5.74, 6) is 0.884. The zero-order chi connectivity index (χ0) is 55.1. The lowest BCUT2D eigenvalue weighted by Crippen LogP contribution is -2.22. The molecule has 0 amide bonds. The summed E-state index contributed by atoms with van der Waals surface area (Å²) in [6.45, 7) is 33.2. The van der Waals surface area contributed by atoms with Crippen molar-refractivity contribution in [2.24, 2.45) is 0 Å². The van der Waals surface area contributed by atoms with Gasteiger partial charge < -0.3 is 0 Å². The molecule has 0 heteroatoms. The number of benzene rings is 9. The summed E-state index contributed by atoms with van der Waals surface area (Å²) in [6.07, 6.45) is 12.0. The van der Waals surface area contributed by atoms with Gasteiger partial charge in [0.1, 0.15) is 0 Å². The second kappa shape index (κ2) is 23.1. The van der Waals surface area contributed by atoms with Crippen molar-refractivity contribution < 1.29 is 0 Å². The Kier molecular flexibility index (Phi) is 16.2. The Bertz CT molecular complexity index is 3490. The van der Waals surface area contributed by atoms with Gasteiger partial charge in [0.15, 0.2) is 0 Å². The first-order chi connectivity index (χ1) is 37.7. The number of hydrogen-bond donors (Lipinski definition) is 0. The molecule has 0 heterocycles. The molecule has 9 aromatic rings. The molecule has 5 unspecified atom stereocenters. The number of aryl methyl sites for hydroxylation is 10. The zero-order valence-electron chi connectivity index (χ0n) is 50.0. The maximum absolute atomic E-state index is 2.79. The van der Waals surface area contributed by atoms with Crippen molar-refractivity contribution in [2.75, 3.05) is 0 Å². The van der Waals surface area contributed by atoms with Gasteiger partial charge >= 0.3 is 0 Å². The van der Waals surface area contributed by atoms with Crippen LogP contribution in [0.15, 0.2) is 133 Å². The maximum Gasteiger partial charge on any atom is 0.00739 e. The second-order valence-corrected chi connectivity index (χ2v) is 23.7. The van der Waals surface area contributed by atoms with Crippen LogP contribution in [0, 0.1) is 13.8 Å². The fraction of sp³-hybridized carbons (Fsp3) is 0.359. The number of hydrogen-bond acceptors (Lipinski definition) is 0. The summed E-state index contributed by atoms with van der Waals surface area (Å²) in [5.41, 5.74) is 31.4. The van der Waals surface area contributed by atoms with E-state index in [9.17, 15) is 0 Å². The highest BCUT2D eigenvalue weighted by Gasteiger charge is 2.31. The third-order valence-electron chi connectivity index (χ3n) is 18.6. The van der Waals surface area contributed by atoms with Crippen LogP contribution in [0.4, 0.5) is 0 Å². The van der Waals surface area contributed by atoms with Gasteiger partial charge in [0.05, 0.1) is 0 Å². The van der Waals surface area contributed by atoms with E-state index in [4.69, 9.17) is 0 Å². The van der Waals surface area contributed by atoms with Gasteiger partial charge in [-0.1, -0.05) is 228 Å². The fourth-order valence-electron chi connectivity index (χ4n) is 13.8. The van der Waals surface area contributed by atoms with Gasteiger partial charge in [-0.15, -0.1) is 0 Å². The predicted octanol–water partition coefficient (Wildman–Crippen LogP) is 20.2. The minimum atomic E-state index is 0.142. The lowest BCUT2D eigenvalue weighted by Gasteiger charge is -2.32. The molecule has 0 saturated heterocycles. The summed E-state index contributed by atoms with van der Waals surface area (Å²) in [5, 5.41) is 6.92. The molecule has 1 aliphatic rings. The van der Waals surface area contributed by atoms with Crippen molar-refractivity contribution in [1.82, 2.24) is 0 Å². The molecular formula is C78H88. The van der Waals surface area contributed by atoms with Crippen molar-refractivity contribution in [3.05, 3.63) is 250 Å². The van der Waals surface area contributed by atoms with Crippen molar-refractivity contribution in [1.29, 1.82) is 0 Å². The van der Waals surface area contributed by atoms with E-state index in [1.54, 1.807) is 0 Å². The SMILES string of the molecule is CCc1cc(CC)cc(C(C)c2cc(C)cc(C(C)c3cc(CC)cc(CC)c3)c2-c2cc3cccc4ccc5c(c2=CC(c2c(C(C)c6cc(CC)cc(CC)c6)cc(C)cc2C(C)c2cc(CC)cc(CC)c2)C5)c43)c1. The van der Waals surface area contributed by atoms with E-state index in [1.165, 1.54) is 149 Å². The van der Waals surface area contributed by atoms with Crippen LogP contribution in [0.1, 0.15) is 224 Å². The molecule has 0 saturated carbocycles. The van der Waals surface area contributed by atoms with E-state index >= 15 is 0 Å². The highest BCUT2D eigenvalue weighted by Crippen LogP contribution is 2.47. The minimum absolute atomic E-state index is 0.142. The molecule has 0 spiro atoms. The highest BCUT2D eigenvalue weighted by molar-refractivity contribution is 6.14. The molecule has 0 fully saturated rings. The smallest absolute Gasteiger partial charge is 0.00739 e. The molecular weight excluding hydrogens is 937 g/mol. The molecule has 0 nitrogen and oxygen atoms in total. The molecule has 78 heavy (non-hydrogen) atoms. The first-order valence-electron chi connectivity index (χ1n) is 30.5. The summed E-state index contributed by atoms with van der Waals surface area (Å²) in [4.78, 5) is 0. The van der Waals surface area contributed by atoms with E-state index in [0.29, 0.717) is 0 Å². The van der Waals surface area contributed by atoms with Gasteiger partial charge in [-0.05, 0) is 216 Å². The zero-order valence-corrected chi connectivity index (χ0v) is 50.0. The van der Waals surface area contributed by atoms with Crippen molar-refractivity contribution in [3.63, 3.8) is 0 Å². The highest BCUT2D eigenvalue weighted by atomic mass is 14.4. The van der Waals surface area contributed by atoms with Gasteiger partial charge in [-0.3, -0.25) is 0 Å². The predicted molar refractivity (Wildman–Crippen MR) is 340 cm³/mol. The standard InChI is InChI=1S/C78H88/c1-15-53-32-54(16-2)37-64(36-53)49(11)69-28-47(9)29-70(50(12)65-38-55(17-3)33-56(18-4)39-65)76(69)68-44-63-27-26-61-24-23-25-62-45-74(73(46-68)77(63)75(61)62)78-71(51(13)66-40-57(19-5)34-58(20-6)41-66)30-48(10)31-72(78)52(14)67-42-59(21-7)35-60(22-8)43-67/h23-43,45-46,49-52,68H,15-22,44H2,1-14H3. The summed E-state index contributed by atoms with van der Waals surface area (Å²) >= 11 is 0. The van der Waals surface area contributed by atoms with Crippen molar-refractivity contribution >= 4 is 27.6 Å². The largest absolute Gasteiger partial charge is 0.0681 e. The summed E-state index contributed by atoms with van der Waals surface area (Å²) < 4.78 is 0. The Labute approximate surface area is 470 Å². The Morgan fingerprint density at radius 2 is 0.718 bits per heavy atom. The molecule has 0 bridgehead atoms. The normalized spacial score (nSPS) is 14.9. The second-order valence-electron chi connectivity index (χ2n) is 23.7. The molecule has 0 N–H and O–H groups in total. The van der Waals surface area contributed by atoms with Crippen LogP contribution in [0.25, 0.3) is 38.7 Å². The summed E-state index contributed by atoms with van der Waals surface area (Å²) in [7, 11) is 0. The van der Waals surface area contributed by atoms with Crippen LogP contribution >= 0.6 is 0 Å². The van der Waals surface area contributed by atoms with Crippen LogP contribution in [0.2, 0.25) is 0 Å². The van der Waals surface area contributed by atoms with Gasteiger partial charge in [-0.2, -0.15) is 0 Å². The van der Waals surface area contributed by atoms with E-state index < -0.39 is 0 Å². The van der Waals surface area contributed by atoms with Crippen LogP contribution in [-0.2, 0) is 57.8 Å². The Morgan fingerprint density at radius 1 is 0.372 bits per heavy atom. The van der Waals surface area contributed by atoms with Crippen LogP contribution in [-0.4, -0.2) is 0 Å². The molecule has 0 radical (unpaired) electrons. The molecule has 0 aromatic heterocycles. The quantitative estimate of drug-likeness (QED) is 0.0803. The Morgan fingerprint density at radius 3 is 1.09 bits per heavy atom. The fourth-order valence-corrected chi connectivity index (χ4v) is 13.8. The minimum Gasteiger partial charge on any atom is -0.0681 e. The third kappa shape index (κ3) is 10.5. The first kappa shape index (κ1) is 54.8. The first-order valence-corrected chi connectivity index (χ1v) is 30.5. The van der Waals surface area contributed by atoms with Crippen molar-refractivity contribution in [3.8, 4) is 11.1 Å². The van der Waals surface area contributed by atoms with E-state index in [-0.39, 0.29) is 29.6 Å². The molecule has 400 valence electrons. The van der Waals surface area contributed by atoms with E-state index in [0.717, 1.165) is 57.8 Å². The topological polar surface area (TPSA) is 0 Å². The Balaban J connectivity index is 1.32.